The van der Waals surface area contributed by atoms with Crippen LogP contribution >= 0.6 is 11.6 Å². The van der Waals surface area contributed by atoms with Crippen molar-refractivity contribution in [1.29, 1.82) is 0 Å². The lowest BCUT2D eigenvalue weighted by Gasteiger charge is -2.45. The summed E-state index contributed by atoms with van der Waals surface area (Å²) in [6.45, 7) is 6.85. The fourth-order valence-electron chi connectivity index (χ4n) is 4.40. The smallest absolute Gasteiger partial charge is 0.407 e. The van der Waals surface area contributed by atoms with Crippen LogP contribution in [0.25, 0.3) is 0 Å². The largest absolute Gasteiger partial charge is 0.497 e. The van der Waals surface area contributed by atoms with Crippen molar-refractivity contribution < 1.29 is 19.4 Å². The maximum Gasteiger partial charge on any atom is 0.407 e. The Morgan fingerprint density at radius 1 is 1.17 bits per heavy atom. The van der Waals surface area contributed by atoms with Crippen molar-refractivity contribution in [3.63, 3.8) is 0 Å². The van der Waals surface area contributed by atoms with Crippen molar-refractivity contribution in [1.82, 2.24) is 4.90 Å². The van der Waals surface area contributed by atoms with Crippen LogP contribution in [0.15, 0.2) is 36.4 Å². The molecule has 30 heavy (non-hydrogen) atoms. The van der Waals surface area contributed by atoms with Crippen LogP contribution in [0.4, 0.5) is 10.5 Å². The van der Waals surface area contributed by atoms with E-state index in [1.807, 2.05) is 36.4 Å². The van der Waals surface area contributed by atoms with Crippen LogP contribution in [-0.2, 0) is 22.2 Å². The molecule has 1 spiro atoms. The number of amides is 2. The van der Waals surface area contributed by atoms with Gasteiger partial charge in [-0.1, -0.05) is 50.6 Å². The number of likely N-dealkylation sites (tertiary alicyclic amines) is 1. The fraction of sp³-hybridized carbons (Fsp3) is 0.391. The van der Waals surface area contributed by atoms with Gasteiger partial charge in [0.15, 0.2) is 0 Å². The van der Waals surface area contributed by atoms with Crippen molar-refractivity contribution in [2.75, 3.05) is 25.1 Å². The molecule has 0 radical (unpaired) electrons. The Kier molecular flexibility index (Phi) is 4.73. The van der Waals surface area contributed by atoms with Crippen molar-refractivity contribution in [2.24, 2.45) is 0 Å². The minimum atomic E-state index is -1.02. The van der Waals surface area contributed by atoms with Crippen LogP contribution < -0.4 is 9.64 Å². The molecule has 2 amide bonds. The predicted molar refractivity (Wildman–Crippen MR) is 116 cm³/mol. The number of carbonyl (C=O) groups is 2. The number of fused-ring (bicyclic) bond motifs is 2. The number of benzene rings is 2. The first-order valence-electron chi connectivity index (χ1n) is 9.85. The molecule has 1 fully saturated rings. The van der Waals surface area contributed by atoms with Gasteiger partial charge < -0.3 is 19.6 Å². The van der Waals surface area contributed by atoms with Crippen LogP contribution in [0.2, 0.25) is 5.02 Å². The molecule has 1 saturated heterocycles. The number of nitrogens with zero attached hydrogens (tertiary/aromatic N) is 2. The van der Waals surface area contributed by atoms with Gasteiger partial charge in [-0.15, -0.1) is 0 Å². The Hall–Kier alpha value is -2.73. The highest BCUT2D eigenvalue weighted by molar-refractivity contribution is 6.34. The van der Waals surface area contributed by atoms with Gasteiger partial charge in [0.1, 0.15) is 11.2 Å². The van der Waals surface area contributed by atoms with Gasteiger partial charge in [-0.25, -0.2) is 4.79 Å². The summed E-state index contributed by atoms with van der Waals surface area (Å²) >= 11 is 6.87. The van der Waals surface area contributed by atoms with Gasteiger partial charge in [-0.3, -0.25) is 4.79 Å². The Morgan fingerprint density at radius 3 is 2.33 bits per heavy atom. The molecule has 2 heterocycles. The van der Waals surface area contributed by atoms with Crippen LogP contribution in [-0.4, -0.2) is 42.2 Å². The van der Waals surface area contributed by atoms with Gasteiger partial charge in [-0.05, 0) is 34.7 Å². The van der Waals surface area contributed by atoms with E-state index in [-0.39, 0.29) is 24.4 Å². The number of carbonyl (C=O) groups excluding carboxylic acids is 1. The molecule has 7 heteroatoms. The predicted octanol–water partition coefficient (Wildman–Crippen LogP) is 4.42. The zero-order chi connectivity index (χ0) is 21.8. The van der Waals surface area contributed by atoms with Crippen molar-refractivity contribution in [3.05, 3.63) is 58.1 Å². The molecule has 2 aromatic rings. The number of anilines is 1. The van der Waals surface area contributed by atoms with Gasteiger partial charge in [0.05, 0.1) is 18.7 Å². The quantitative estimate of drug-likeness (QED) is 0.785. The van der Waals surface area contributed by atoms with E-state index in [1.165, 1.54) is 4.90 Å². The average molecular weight is 429 g/mol. The Labute approximate surface area is 181 Å². The van der Waals surface area contributed by atoms with E-state index >= 15 is 0 Å². The van der Waals surface area contributed by atoms with E-state index in [9.17, 15) is 14.7 Å². The van der Waals surface area contributed by atoms with E-state index in [1.54, 1.807) is 12.0 Å². The molecule has 4 rings (SSSR count). The molecule has 2 aromatic carbocycles. The summed E-state index contributed by atoms with van der Waals surface area (Å²) in [5.74, 6) is 0.649. The number of hydrogen-bond donors (Lipinski definition) is 1. The van der Waals surface area contributed by atoms with E-state index in [0.717, 1.165) is 28.1 Å². The Bertz CT molecular complexity index is 1020. The molecule has 0 aliphatic carbocycles. The third kappa shape index (κ3) is 3.01. The number of carboxylic acid groups (broad SMARTS) is 1. The lowest BCUT2D eigenvalue weighted by molar-refractivity contribution is -0.128. The van der Waals surface area contributed by atoms with Crippen LogP contribution in [0.5, 0.6) is 5.75 Å². The van der Waals surface area contributed by atoms with Crippen molar-refractivity contribution >= 4 is 29.3 Å². The first-order chi connectivity index (χ1) is 14.1. The fourth-order valence-corrected chi connectivity index (χ4v) is 5.03. The van der Waals surface area contributed by atoms with Gasteiger partial charge >= 0.3 is 6.09 Å². The molecule has 0 unspecified atom stereocenters. The molecule has 6 nitrogen and oxygen atoms in total. The summed E-state index contributed by atoms with van der Waals surface area (Å²) in [6, 6.07) is 11.5. The van der Waals surface area contributed by atoms with Crippen molar-refractivity contribution in [3.8, 4) is 5.75 Å². The van der Waals surface area contributed by atoms with E-state index < -0.39 is 11.5 Å². The van der Waals surface area contributed by atoms with Crippen molar-refractivity contribution in [2.45, 2.75) is 38.1 Å². The van der Waals surface area contributed by atoms with Gasteiger partial charge in [0.25, 0.3) is 0 Å². The summed E-state index contributed by atoms with van der Waals surface area (Å²) < 4.78 is 5.21. The van der Waals surface area contributed by atoms with Crippen LogP contribution in [0, 0.1) is 0 Å². The normalized spacial score (nSPS) is 17.2. The maximum absolute atomic E-state index is 13.6. The lowest BCUT2D eigenvalue weighted by Crippen LogP contribution is -2.65. The molecule has 2 aliphatic rings. The zero-order valence-electron chi connectivity index (χ0n) is 17.5. The van der Waals surface area contributed by atoms with Gasteiger partial charge in [0, 0.05) is 24.3 Å². The zero-order valence-corrected chi connectivity index (χ0v) is 18.3. The molecule has 0 saturated carbocycles. The second-order valence-electron chi connectivity index (χ2n) is 9.03. The van der Waals surface area contributed by atoms with Crippen LogP contribution in [0.1, 0.15) is 37.5 Å². The monoisotopic (exact) mass is 428 g/mol. The van der Waals surface area contributed by atoms with E-state index in [0.29, 0.717) is 11.6 Å². The third-order valence-corrected chi connectivity index (χ3v) is 6.44. The SMILES string of the molecule is COc1ccc(CN2C(=O)C3(CN(C(=O)O)C3)c3c2ccc(C(C)(C)C)c3Cl)cc1. The first-order valence-corrected chi connectivity index (χ1v) is 10.2. The standard InChI is InChI=1S/C23H25ClN2O4/c1-22(2,3)16-9-10-17-18(19(16)24)23(12-25(13-23)21(28)29)20(27)26(17)11-14-5-7-15(30-4)8-6-14/h5-10H,11-13H2,1-4H3,(H,28,29). The highest BCUT2D eigenvalue weighted by Crippen LogP contribution is 2.52. The second-order valence-corrected chi connectivity index (χ2v) is 9.41. The summed E-state index contributed by atoms with van der Waals surface area (Å²) in [5.41, 5.74) is 2.31. The summed E-state index contributed by atoms with van der Waals surface area (Å²) in [6.07, 6.45) is -1.02. The third-order valence-electron chi connectivity index (χ3n) is 6.04. The Morgan fingerprint density at radius 2 is 1.80 bits per heavy atom. The number of ether oxygens (including phenoxy) is 1. The van der Waals surface area contributed by atoms with E-state index in [4.69, 9.17) is 16.3 Å². The first kappa shape index (κ1) is 20.5. The summed E-state index contributed by atoms with van der Waals surface area (Å²) in [4.78, 5) is 28.0. The number of hydrogen-bond acceptors (Lipinski definition) is 3. The average Bonchev–Trinajstić information content (AvgIpc) is 2.89. The van der Waals surface area contributed by atoms with Gasteiger partial charge in [0.2, 0.25) is 5.91 Å². The second kappa shape index (κ2) is 6.91. The highest BCUT2D eigenvalue weighted by atomic mass is 35.5. The molecule has 0 aromatic heterocycles. The topological polar surface area (TPSA) is 70.1 Å². The Balaban J connectivity index is 1.79. The molecular weight excluding hydrogens is 404 g/mol. The molecule has 158 valence electrons. The summed E-state index contributed by atoms with van der Waals surface area (Å²) in [7, 11) is 1.61. The minimum Gasteiger partial charge on any atom is -0.497 e. The molecule has 0 atom stereocenters. The van der Waals surface area contributed by atoms with E-state index in [2.05, 4.69) is 20.8 Å². The molecular formula is C23H25ClN2O4. The molecule has 1 N–H and O–H groups in total. The molecule has 0 bridgehead atoms. The highest BCUT2D eigenvalue weighted by Gasteiger charge is 2.60. The maximum atomic E-state index is 13.6. The van der Waals surface area contributed by atoms with Crippen LogP contribution in [0.3, 0.4) is 0 Å². The minimum absolute atomic E-state index is 0.0984. The number of methoxy groups -OCH3 is 1. The lowest BCUT2D eigenvalue weighted by atomic mass is 9.73. The number of halogens is 1. The molecule has 2 aliphatic heterocycles. The van der Waals surface area contributed by atoms with Gasteiger partial charge in [-0.2, -0.15) is 0 Å². The summed E-state index contributed by atoms with van der Waals surface area (Å²) in [5, 5.41) is 9.94. The number of rotatable bonds is 3.